The average molecular weight is 210 g/mol. The monoisotopic (exact) mass is 210 g/mol. The second-order valence-corrected chi connectivity index (χ2v) is 5.52. The highest BCUT2D eigenvalue weighted by molar-refractivity contribution is 5.83. The maximum absolute atomic E-state index is 11.5. The fourth-order valence-corrected chi connectivity index (χ4v) is 1.78. The molecule has 0 unspecified atom stereocenters. The summed E-state index contributed by atoms with van der Waals surface area (Å²) in [5.41, 5.74) is 0.873. The van der Waals surface area contributed by atoms with E-state index in [2.05, 4.69) is 6.92 Å². The fourth-order valence-electron chi connectivity index (χ4n) is 1.78. The van der Waals surface area contributed by atoms with E-state index in [-0.39, 0.29) is 11.6 Å². The summed E-state index contributed by atoms with van der Waals surface area (Å²) < 4.78 is 5.25. The Morgan fingerprint density at radius 3 is 2.33 bits per heavy atom. The van der Waals surface area contributed by atoms with Crippen molar-refractivity contribution in [3.05, 3.63) is 11.6 Å². The Balaban J connectivity index is 2.46. The molecule has 0 spiro atoms. The molecule has 15 heavy (non-hydrogen) atoms. The zero-order valence-electron chi connectivity index (χ0n) is 10.3. The minimum Gasteiger partial charge on any atom is -0.457 e. The van der Waals surface area contributed by atoms with Crippen molar-refractivity contribution < 1.29 is 9.53 Å². The molecule has 0 radical (unpaired) electrons. The Kier molecular flexibility index (Phi) is 3.95. The number of hydrogen-bond donors (Lipinski definition) is 0. The molecule has 0 aromatic heterocycles. The lowest BCUT2D eigenvalue weighted by Gasteiger charge is -2.21. The highest BCUT2D eigenvalue weighted by atomic mass is 16.6. The molecule has 0 atom stereocenters. The molecular formula is C13H22O2. The molecule has 0 heterocycles. The maximum Gasteiger partial charge on any atom is 0.331 e. The summed E-state index contributed by atoms with van der Waals surface area (Å²) >= 11 is 0. The number of carbonyl (C=O) groups excluding carboxylic acids is 1. The molecule has 1 rings (SSSR count). The van der Waals surface area contributed by atoms with E-state index in [0.717, 1.165) is 18.8 Å². The van der Waals surface area contributed by atoms with Crippen LogP contribution in [0, 0.1) is 5.92 Å². The Labute approximate surface area is 92.7 Å². The van der Waals surface area contributed by atoms with Crippen LogP contribution in [0.2, 0.25) is 0 Å². The molecule has 1 fully saturated rings. The van der Waals surface area contributed by atoms with Crippen LogP contribution in [-0.4, -0.2) is 11.6 Å². The number of esters is 1. The van der Waals surface area contributed by atoms with Gasteiger partial charge < -0.3 is 4.74 Å². The summed E-state index contributed by atoms with van der Waals surface area (Å²) in [7, 11) is 0. The van der Waals surface area contributed by atoms with Crippen LogP contribution in [-0.2, 0) is 9.53 Å². The van der Waals surface area contributed by atoms with Crippen LogP contribution < -0.4 is 0 Å². The third kappa shape index (κ3) is 5.01. The van der Waals surface area contributed by atoms with Crippen molar-refractivity contribution in [3.8, 4) is 0 Å². The van der Waals surface area contributed by atoms with Gasteiger partial charge in [-0.2, -0.15) is 0 Å². The van der Waals surface area contributed by atoms with Gasteiger partial charge in [0.15, 0.2) is 0 Å². The second-order valence-electron chi connectivity index (χ2n) is 5.52. The van der Waals surface area contributed by atoms with Crippen molar-refractivity contribution in [2.45, 2.75) is 59.0 Å². The number of carbonyl (C=O) groups is 1. The highest BCUT2D eigenvalue weighted by Gasteiger charge is 2.17. The molecule has 1 aliphatic rings. The van der Waals surface area contributed by atoms with Crippen molar-refractivity contribution in [1.82, 2.24) is 0 Å². The quantitative estimate of drug-likeness (QED) is 0.489. The molecular weight excluding hydrogens is 188 g/mol. The van der Waals surface area contributed by atoms with Gasteiger partial charge in [-0.25, -0.2) is 4.79 Å². The van der Waals surface area contributed by atoms with Gasteiger partial charge in [-0.3, -0.25) is 0 Å². The molecule has 0 aromatic rings. The predicted molar refractivity (Wildman–Crippen MR) is 61.6 cm³/mol. The largest absolute Gasteiger partial charge is 0.457 e. The van der Waals surface area contributed by atoms with E-state index in [4.69, 9.17) is 4.74 Å². The number of hydrogen-bond acceptors (Lipinski definition) is 2. The Morgan fingerprint density at radius 1 is 1.33 bits per heavy atom. The van der Waals surface area contributed by atoms with E-state index in [1.807, 2.05) is 20.8 Å². The van der Waals surface area contributed by atoms with Gasteiger partial charge in [0.2, 0.25) is 0 Å². The minimum atomic E-state index is -0.379. The molecule has 2 heteroatoms. The SMILES string of the molecule is CC1CCC(=CC(=O)OC(C)(C)C)CC1. The predicted octanol–water partition coefficient (Wildman–Crippen LogP) is 3.46. The van der Waals surface area contributed by atoms with Gasteiger partial charge >= 0.3 is 5.97 Å². The van der Waals surface area contributed by atoms with Crippen LogP contribution >= 0.6 is 0 Å². The van der Waals surface area contributed by atoms with Crippen molar-refractivity contribution >= 4 is 5.97 Å². The van der Waals surface area contributed by atoms with Gasteiger partial charge in [0.05, 0.1) is 0 Å². The average Bonchev–Trinajstić information content (AvgIpc) is 2.05. The zero-order chi connectivity index (χ0) is 11.5. The maximum atomic E-state index is 11.5. The van der Waals surface area contributed by atoms with Crippen LogP contribution in [0.15, 0.2) is 11.6 Å². The van der Waals surface area contributed by atoms with Crippen LogP contribution in [0.4, 0.5) is 0 Å². The first-order valence-corrected chi connectivity index (χ1v) is 5.79. The Morgan fingerprint density at radius 2 is 1.87 bits per heavy atom. The van der Waals surface area contributed by atoms with E-state index in [1.165, 1.54) is 18.4 Å². The van der Waals surface area contributed by atoms with Crippen molar-refractivity contribution in [2.24, 2.45) is 5.92 Å². The molecule has 86 valence electrons. The van der Waals surface area contributed by atoms with Gasteiger partial charge in [0, 0.05) is 6.08 Å². The third-order valence-electron chi connectivity index (χ3n) is 2.65. The van der Waals surface area contributed by atoms with Crippen LogP contribution in [0.1, 0.15) is 53.4 Å². The molecule has 0 saturated heterocycles. The van der Waals surface area contributed by atoms with Gasteiger partial charge in [-0.05, 0) is 52.4 Å². The minimum absolute atomic E-state index is 0.188. The summed E-state index contributed by atoms with van der Waals surface area (Å²) in [6, 6.07) is 0. The molecule has 0 amide bonds. The van der Waals surface area contributed by atoms with E-state index in [0.29, 0.717) is 0 Å². The lowest BCUT2D eigenvalue weighted by atomic mass is 9.87. The molecule has 1 aliphatic carbocycles. The van der Waals surface area contributed by atoms with Gasteiger partial charge in [0.1, 0.15) is 5.60 Å². The normalized spacial score (nSPS) is 22.4. The van der Waals surface area contributed by atoms with E-state index in [9.17, 15) is 4.79 Å². The number of rotatable bonds is 1. The first-order chi connectivity index (χ1) is 6.87. The van der Waals surface area contributed by atoms with E-state index < -0.39 is 0 Å². The summed E-state index contributed by atoms with van der Waals surface area (Å²) in [6.45, 7) is 7.95. The number of ether oxygens (including phenoxy) is 1. The zero-order valence-corrected chi connectivity index (χ0v) is 10.3. The van der Waals surface area contributed by atoms with E-state index >= 15 is 0 Å². The molecule has 2 nitrogen and oxygen atoms in total. The lowest BCUT2D eigenvalue weighted by molar-refractivity contribution is -0.148. The van der Waals surface area contributed by atoms with Gasteiger partial charge in [0.25, 0.3) is 0 Å². The van der Waals surface area contributed by atoms with Gasteiger partial charge in [-0.15, -0.1) is 0 Å². The molecule has 1 saturated carbocycles. The second kappa shape index (κ2) is 4.82. The molecule has 0 bridgehead atoms. The summed E-state index contributed by atoms with van der Waals surface area (Å²) in [6.07, 6.45) is 6.21. The van der Waals surface area contributed by atoms with Crippen LogP contribution in [0.5, 0.6) is 0 Å². The standard InChI is InChI=1S/C13H22O2/c1-10-5-7-11(8-6-10)9-12(14)15-13(2,3)4/h9-10H,5-8H2,1-4H3. The van der Waals surface area contributed by atoms with E-state index in [1.54, 1.807) is 6.08 Å². The summed E-state index contributed by atoms with van der Waals surface area (Å²) in [5.74, 6) is 0.618. The summed E-state index contributed by atoms with van der Waals surface area (Å²) in [4.78, 5) is 11.5. The lowest BCUT2D eigenvalue weighted by Crippen LogP contribution is -2.23. The molecule has 0 aliphatic heterocycles. The first kappa shape index (κ1) is 12.3. The van der Waals surface area contributed by atoms with Crippen LogP contribution in [0.25, 0.3) is 0 Å². The van der Waals surface area contributed by atoms with Crippen molar-refractivity contribution in [2.75, 3.05) is 0 Å². The first-order valence-electron chi connectivity index (χ1n) is 5.79. The molecule has 0 N–H and O–H groups in total. The Hall–Kier alpha value is -0.790. The smallest absolute Gasteiger partial charge is 0.331 e. The van der Waals surface area contributed by atoms with Gasteiger partial charge in [-0.1, -0.05) is 12.5 Å². The number of allylic oxidation sites excluding steroid dienone is 1. The Bertz CT molecular complexity index is 248. The molecule has 0 aromatic carbocycles. The van der Waals surface area contributed by atoms with Crippen LogP contribution in [0.3, 0.4) is 0 Å². The van der Waals surface area contributed by atoms with Crippen molar-refractivity contribution in [3.63, 3.8) is 0 Å². The topological polar surface area (TPSA) is 26.3 Å². The summed E-state index contributed by atoms with van der Waals surface area (Å²) in [5, 5.41) is 0. The van der Waals surface area contributed by atoms with Crippen molar-refractivity contribution in [1.29, 1.82) is 0 Å². The fraction of sp³-hybridized carbons (Fsp3) is 0.769. The highest BCUT2D eigenvalue weighted by Crippen LogP contribution is 2.27. The third-order valence-corrected chi connectivity index (χ3v) is 2.65.